The van der Waals surface area contributed by atoms with E-state index in [0.717, 1.165) is 10.9 Å². The number of nitrogens with one attached hydrogen (secondary N) is 2. The van der Waals surface area contributed by atoms with Crippen LogP contribution < -0.4 is 10.9 Å². The number of aromatic amines is 1. The van der Waals surface area contributed by atoms with Gasteiger partial charge in [0.05, 0.1) is 6.20 Å². The molecule has 6 nitrogen and oxygen atoms in total. The molecule has 21 heavy (non-hydrogen) atoms. The van der Waals surface area contributed by atoms with E-state index in [1.807, 2.05) is 18.2 Å². The smallest absolute Gasteiger partial charge is 0.263 e. The first-order valence-electron chi connectivity index (χ1n) is 6.54. The van der Waals surface area contributed by atoms with Crippen LogP contribution in [0, 0.1) is 0 Å². The third-order valence-corrected chi connectivity index (χ3v) is 4.02. The second kappa shape index (κ2) is 5.69. The van der Waals surface area contributed by atoms with Gasteiger partial charge in [0.2, 0.25) is 5.95 Å². The predicted octanol–water partition coefficient (Wildman–Crippen LogP) is 2.07. The standard InChI is InChI=1S/C14H14BrN5O/c1-20-12-10(8-17-20)13(21)19-14(18-12)16-7-6-9-4-2-3-5-11(9)15/h2-5,8H,6-7H2,1H3,(H2,16,18,19,21). The molecule has 2 N–H and O–H groups in total. The van der Waals surface area contributed by atoms with Crippen molar-refractivity contribution in [1.29, 1.82) is 0 Å². The maximum absolute atomic E-state index is 11.9. The molecule has 7 heteroatoms. The number of anilines is 1. The summed E-state index contributed by atoms with van der Waals surface area (Å²) in [5, 5.41) is 7.67. The third kappa shape index (κ3) is 2.82. The van der Waals surface area contributed by atoms with E-state index in [0.29, 0.717) is 23.5 Å². The molecule has 0 aliphatic heterocycles. The first-order valence-corrected chi connectivity index (χ1v) is 7.34. The van der Waals surface area contributed by atoms with Crippen LogP contribution in [0.3, 0.4) is 0 Å². The van der Waals surface area contributed by atoms with Gasteiger partial charge in [-0.15, -0.1) is 0 Å². The third-order valence-electron chi connectivity index (χ3n) is 3.25. The minimum atomic E-state index is -0.184. The Morgan fingerprint density at radius 1 is 1.38 bits per heavy atom. The average molecular weight is 348 g/mol. The number of aromatic nitrogens is 4. The Morgan fingerprint density at radius 3 is 3.00 bits per heavy atom. The lowest BCUT2D eigenvalue weighted by molar-refractivity contribution is 0.785. The summed E-state index contributed by atoms with van der Waals surface area (Å²) in [6.07, 6.45) is 2.35. The predicted molar refractivity (Wildman–Crippen MR) is 85.5 cm³/mol. The summed E-state index contributed by atoms with van der Waals surface area (Å²) in [7, 11) is 1.76. The minimum absolute atomic E-state index is 0.184. The average Bonchev–Trinajstić information content (AvgIpc) is 2.83. The van der Waals surface area contributed by atoms with Crippen LogP contribution in [0.2, 0.25) is 0 Å². The van der Waals surface area contributed by atoms with Gasteiger partial charge in [-0.05, 0) is 18.1 Å². The summed E-state index contributed by atoms with van der Waals surface area (Å²) in [6.45, 7) is 0.676. The number of rotatable bonds is 4. The van der Waals surface area contributed by atoms with Gasteiger partial charge in [-0.1, -0.05) is 34.1 Å². The zero-order valence-corrected chi connectivity index (χ0v) is 13.0. The van der Waals surface area contributed by atoms with Crippen molar-refractivity contribution < 1.29 is 0 Å². The molecule has 0 fully saturated rings. The number of benzene rings is 1. The van der Waals surface area contributed by atoms with E-state index in [-0.39, 0.29) is 5.56 Å². The molecule has 0 radical (unpaired) electrons. The molecule has 2 heterocycles. The Morgan fingerprint density at radius 2 is 2.19 bits per heavy atom. The lowest BCUT2D eigenvalue weighted by Crippen LogP contribution is -2.15. The van der Waals surface area contributed by atoms with Crippen molar-refractivity contribution >= 4 is 32.9 Å². The van der Waals surface area contributed by atoms with Crippen LogP contribution in [0.4, 0.5) is 5.95 Å². The fourth-order valence-electron chi connectivity index (χ4n) is 2.13. The van der Waals surface area contributed by atoms with Gasteiger partial charge in [0.15, 0.2) is 5.65 Å². The molecular weight excluding hydrogens is 334 g/mol. The van der Waals surface area contributed by atoms with Gasteiger partial charge in [-0.25, -0.2) is 0 Å². The SMILES string of the molecule is Cn1ncc2c(=O)[nH]c(NCCc3ccccc3Br)nc21. The maximum atomic E-state index is 11.9. The van der Waals surface area contributed by atoms with Crippen molar-refractivity contribution in [1.82, 2.24) is 19.7 Å². The highest BCUT2D eigenvalue weighted by molar-refractivity contribution is 9.10. The number of hydrogen-bond donors (Lipinski definition) is 2. The van der Waals surface area contributed by atoms with Crippen molar-refractivity contribution in [2.45, 2.75) is 6.42 Å². The van der Waals surface area contributed by atoms with Gasteiger partial charge in [0, 0.05) is 18.1 Å². The first-order chi connectivity index (χ1) is 10.1. The summed E-state index contributed by atoms with van der Waals surface area (Å²) in [5.41, 5.74) is 1.59. The second-order valence-electron chi connectivity index (χ2n) is 4.69. The van der Waals surface area contributed by atoms with Crippen LogP contribution in [-0.2, 0) is 13.5 Å². The van der Waals surface area contributed by atoms with Crippen LogP contribution in [-0.4, -0.2) is 26.3 Å². The summed E-state index contributed by atoms with van der Waals surface area (Å²) in [5.74, 6) is 0.461. The summed E-state index contributed by atoms with van der Waals surface area (Å²) in [6, 6.07) is 8.06. The highest BCUT2D eigenvalue weighted by atomic mass is 79.9. The van der Waals surface area contributed by atoms with E-state index in [9.17, 15) is 4.79 Å². The van der Waals surface area contributed by atoms with Gasteiger partial charge in [-0.3, -0.25) is 14.5 Å². The fourth-order valence-corrected chi connectivity index (χ4v) is 2.62. The number of H-pyrrole nitrogens is 1. The Hall–Kier alpha value is -2.15. The highest BCUT2D eigenvalue weighted by Gasteiger charge is 2.07. The van der Waals surface area contributed by atoms with Gasteiger partial charge in [-0.2, -0.15) is 10.1 Å². The molecule has 108 valence electrons. The molecule has 0 saturated carbocycles. The normalized spacial score (nSPS) is 11.0. The summed E-state index contributed by atoms with van der Waals surface area (Å²) in [4.78, 5) is 19.0. The van der Waals surface area contributed by atoms with E-state index >= 15 is 0 Å². The molecule has 0 aliphatic carbocycles. The molecule has 0 saturated heterocycles. The number of nitrogens with zero attached hydrogens (tertiary/aromatic N) is 3. The van der Waals surface area contributed by atoms with Crippen LogP contribution in [0.1, 0.15) is 5.56 Å². The van der Waals surface area contributed by atoms with E-state index in [1.165, 1.54) is 11.8 Å². The molecular formula is C14H14BrN5O. The zero-order valence-electron chi connectivity index (χ0n) is 11.4. The van der Waals surface area contributed by atoms with Crippen LogP contribution in [0.15, 0.2) is 39.7 Å². The van der Waals surface area contributed by atoms with Crippen molar-refractivity contribution in [3.05, 3.63) is 50.9 Å². The highest BCUT2D eigenvalue weighted by Crippen LogP contribution is 2.16. The van der Waals surface area contributed by atoms with Gasteiger partial charge in [0.25, 0.3) is 5.56 Å². The summed E-state index contributed by atoms with van der Waals surface area (Å²) < 4.78 is 2.67. The van der Waals surface area contributed by atoms with Gasteiger partial charge < -0.3 is 5.32 Å². The molecule has 0 aliphatic rings. The Labute approximate surface area is 129 Å². The number of halogens is 1. The molecule has 0 spiro atoms. The zero-order chi connectivity index (χ0) is 14.8. The Kier molecular flexibility index (Phi) is 3.74. The van der Waals surface area contributed by atoms with Crippen molar-refractivity contribution in [3.8, 4) is 0 Å². The molecule has 1 aromatic carbocycles. The van der Waals surface area contributed by atoms with E-state index < -0.39 is 0 Å². The first kappa shape index (κ1) is 13.8. The van der Waals surface area contributed by atoms with E-state index in [2.05, 4.69) is 42.4 Å². The second-order valence-corrected chi connectivity index (χ2v) is 5.54. The molecule has 3 rings (SSSR count). The number of aryl methyl sites for hydroxylation is 1. The molecule has 3 aromatic rings. The van der Waals surface area contributed by atoms with Crippen LogP contribution >= 0.6 is 15.9 Å². The topological polar surface area (TPSA) is 75.6 Å². The fraction of sp³-hybridized carbons (Fsp3) is 0.214. The Balaban J connectivity index is 1.75. The quantitative estimate of drug-likeness (QED) is 0.757. The number of hydrogen-bond acceptors (Lipinski definition) is 4. The van der Waals surface area contributed by atoms with Crippen molar-refractivity contribution in [2.75, 3.05) is 11.9 Å². The largest absolute Gasteiger partial charge is 0.355 e. The monoisotopic (exact) mass is 347 g/mol. The molecule has 0 amide bonds. The minimum Gasteiger partial charge on any atom is -0.355 e. The Bertz CT molecular complexity index is 839. The van der Waals surface area contributed by atoms with E-state index in [4.69, 9.17) is 0 Å². The maximum Gasteiger partial charge on any atom is 0.263 e. The van der Waals surface area contributed by atoms with E-state index in [1.54, 1.807) is 11.7 Å². The molecule has 0 bridgehead atoms. The lowest BCUT2D eigenvalue weighted by Gasteiger charge is -2.07. The molecule has 2 aromatic heterocycles. The summed E-state index contributed by atoms with van der Waals surface area (Å²) >= 11 is 3.52. The van der Waals surface area contributed by atoms with Crippen LogP contribution in [0.5, 0.6) is 0 Å². The number of fused-ring (bicyclic) bond motifs is 1. The molecule has 0 unspecified atom stereocenters. The van der Waals surface area contributed by atoms with Crippen LogP contribution in [0.25, 0.3) is 11.0 Å². The van der Waals surface area contributed by atoms with Crippen molar-refractivity contribution in [2.24, 2.45) is 7.05 Å². The van der Waals surface area contributed by atoms with Gasteiger partial charge >= 0.3 is 0 Å². The lowest BCUT2D eigenvalue weighted by atomic mass is 10.1. The van der Waals surface area contributed by atoms with Gasteiger partial charge in [0.1, 0.15) is 5.39 Å². The van der Waals surface area contributed by atoms with Crippen molar-refractivity contribution in [3.63, 3.8) is 0 Å². The molecule has 0 atom stereocenters.